The van der Waals surface area contributed by atoms with Gasteiger partial charge in [-0.15, -0.1) is 0 Å². The highest BCUT2D eigenvalue weighted by Crippen LogP contribution is 2.23. The zero-order valence-electron chi connectivity index (χ0n) is 8.59. The third kappa shape index (κ3) is 1.89. The molecule has 0 aromatic heterocycles. The van der Waals surface area contributed by atoms with Gasteiger partial charge >= 0.3 is 0 Å². The summed E-state index contributed by atoms with van der Waals surface area (Å²) in [5, 5.41) is 0. The molecule has 2 heteroatoms. The number of hydrogen-bond donors (Lipinski definition) is 0. The molecule has 2 rings (SSSR count). The van der Waals surface area contributed by atoms with Gasteiger partial charge in [0.25, 0.3) is 0 Å². The summed E-state index contributed by atoms with van der Waals surface area (Å²) >= 11 is 0. The first-order valence-corrected chi connectivity index (χ1v) is 5.28. The van der Waals surface area contributed by atoms with Crippen LogP contribution in [-0.2, 0) is 0 Å². The molecule has 14 heavy (non-hydrogen) atoms. The molecule has 1 saturated heterocycles. The lowest BCUT2D eigenvalue weighted by atomic mass is 10.1. The zero-order chi connectivity index (χ0) is 9.97. The lowest BCUT2D eigenvalue weighted by Gasteiger charge is -2.30. The molecule has 1 heterocycles. The monoisotopic (exact) mass is 193 g/mol. The maximum absolute atomic E-state index is 12.9. The fourth-order valence-electron chi connectivity index (χ4n) is 2.11. The van der Waals surface area contributed by atoms with Crippen molar-refractivity contribution in [3.8, 4) is 0 Å². The lowest BCUT2D eigenvalue weighted by Crippen LogP contribution is -2.29. The van der Waals surface area contributed by atoms with Gasteiger partial charge in [0.1, 0.15) is 5.82 Å². The Hall–Kier alpha value is -1.05. The molecule has 1 aromatic carbocycles. The van der Waals surface area contributed by atoms with Crippen LogP contribution in [0.25, 0.3) is 0 Å². The topological polar surface area (TPSA) is 3.24 Å². The normalized spacial score (nSPS) is 17.1. The van der Waals surface area contributed by atoms with E-state index in [0.29, 0.717) is 0 Å². The van der Waals surface area contributed by atoms with Crippen molar-refractivity contribution in [3.05, 3.63) is 29.6 Å². The summed E-state index contributed by atoms with van der Waals surface area (Å²) < 4.78 is 12.9. The highest BCUT2D eigenvalue weighted by molar-refractivity contribution is 5.53. The lowest BCUT2D eigenvalue weighted by molar-refractivity contribution is 0.575. The number of aryl methyl sites for hydroxylation is 1. The summed E-state index contributed by atoms with van der Waals surface area (Å²) in [6.45, 7) is 4.21. The second-order valence-corrected chi connectivity index (χ2v) is 3.98. The average molecular weight is 193 g/mol. The van der Waals surface area contributed by atoms with Gasteiger partial charge in [-0.3, -0.25) is 0 Å². The van der Waals surface area contributed by atoms with Gasteiger partial charge in [0, 0.05) is 18.8 Å². The molecule has 0 spiro atoms. The van der Waals surface area contributed by atoms with Gasteiger partial charge in [0.15, 0.2) is 0 Å². The Morgan fingerprint density at radius 3 is 2.50 bits per heavy atom. The van der Waals surface area contributed by atoms with E-state index in [2.05, 4.69) is 4.90 Å². The predicted molar refractivity (Wildman–Crippen MR) is 57.2 cm³/mol. The Kier molecular flexibility index (Phi) is 2.71. The number of piperidine rings is 1. The minimum atomic E-state index is -0.136. The first kappa shape index (κ1) is 9.50. The second kappa shape index (κ2) is 3.99. The molecule has 1 aliphatic rings. The largest absolute Gasteiger partial charge is 0.371 e. The summed E-state index contributed by atoms with van der Waals surface area (Å²) in [6, 6.07) is 5.07. The first-order valence-electron chi connectivity index (χ1n) is 5.28. The predicted octanol–water partition coefficient (Wildman–Crippen LogP) is 3.12. The zero-order valence-corrected chi connectivity index (χ0v) is 8.59. The molecule has 0 unspecified atom stereocenters. The van der Waals surface area contributed by atoms with Crippen LogP contribution in [0, 0.1) is 12.7 Å². The van der Waals surface area contributed by atoms with Crippen LogP contribution in [-0.4, -0.2) is 13.1 Å². The summed E-state index contributed by atoms with van der Waals surface area (Å²) in [5.74, 6) is -0.136. The van der Waals surface area contributed by atoms with Crippen molar-refractivity contribution in [2.45, 2.75) is 26.2 Å². The summed E-state index contributed by atoms with van der Waals surface area (Å²) in [5.41, 5.74) is 2.25. The highest BCUT2D eigenvalue weighted by Gasteiger charge is 2.12. The summed E-state index contributed by atoms with van der Waals surface area (Å²) in [6.07, 6.45) is 3.85. The fourth-order valence-corrected chi connectivity index (χ4v) is 2.11. The number of halogens is 1. The molecule has 1 aliphatic heterocycles. The number of hydrogen-bond acceptors (Lipinski definition) is 1. The van der Waals surface area contributed by atoms with Gasteiger partial charge in [0.2, 0.25) is 0 Å². The molecule has 1 fully saturated rings. The minimum absolute atomic E-state index is 0.136. The Morgan fingerprint density at radius 1 is 1.14 bits per heavy atom. The maximum atomic E-state index is 12.9. The molecule has 0 amide bonds. The van der Waals surface area contributed by atoms with Gasteiger partial charge in [-0.05, 0) is 49.9 Å². The Labute approximate surface area is 84.5 Å². The van der Waals surface area contributed by atoms with Crippen molar-refractivity contribution in [2.24, 2.45) is 0 Å². The molecule has 76 valence electrons. The van der Waals surface area contributed by atoms with Crippen LogP contribution in [0.2, 0.25) is 0 Å². The van der Waals surface area contributed by atoms with Gasteiger partial charge in [0.05, 0.1) is 0 Å². The Balaban J connectivity index is 2.22. The van der Waals surface area contributed by atoms with E-state index in [-0.39, 0.29) is 5.82 Å². The van der Waals surface area contributed by atoms with Crippen LogP contribution >= 0.6 is 0 Å². The molecule has 1 aromatic rings. The molecule has 0 atom stereocenters. The van der Waals surface area contributed by atoms with Crippen molar-refractivity contribution < 1.29 is 4.39 Å². The number of nitrogens with zero attached hydrogens (tertiary/aromatic N) is 1. The van der Waals surface area contributed by atoms with Crippen LogP contribution in [0.3, 0.4) is 0 Å². The highest BCUT2D eigenvalue weighted by atomic mass is 19.1. The molecule has 0 radical (unpaired) electrons. The molecular weight excluding hydrogens is 177 g/mol. The molecule has 0 N–H and O–H groups in total. The van der Waals surface area contributed by atoms with E-state index in [4.69, 9.17) is 0 Å². The van der Waals surface area contributed by atoms with Crippen molar-refractivity contribution in [1.82, 2.24) is 0 Å². The number of anilines is 1. The van der Waals surface area contributed by atoms with Crippen molar-refractivity contribution in [1.29, 1.82) is 0 Å². The van der Waals surface area contributed by atoms with Crippen molar-refractivity contribution in [2.75, 3.05) is 18.0 Å². The molecule has 1 nitrogen and oxygen atoms in total. The average Bonchev–Trinajstić information content (AvgIpc) is 2.19. The van der Waals surface area contributed by atoms with Crippen LogP contribution in [0.5, 0.6) is 0 Å². The van der Waals surface area contributed by atoms with Crippen molar-refractivity contribution in [3.63, 3.8) is 0 Å². The van der Waals surface area contributed by atoms with Gasteiger partial charge in [-0.2, -0.15) is 0 Å². The Bertz CT molecular complexity index is 316. The third-order valence-corrected chi connectivity index (χ3v) is 2.86. The van der Waals surface area contributed by atoms with E-state index < -0.39 is 0 Å². The molecule has 0 aliphatic carbocycles. The second-order valence-electron chi connectivity index (χ2n) is 3.98. The number of rotatable bonds is 1. The summed E-state index contributed by atoms with van der Waals surface area (Å²) in [7, 11) is 0. The van der Waals surface area contributed by atoms with Gasteiger partial charge < -0.3 is 4.90 Å². The Morgan fingerprint density at radius 2 is 1.86 bits per heavy atom. The SMILES string of the molecule is Cc1cc(F)ccc1N1CCCCC1. The van der Waals surface area contributed by atoms with E-state index in [1.54, 1.807) is 12.1 Å². The van der Waals surface area contributed by atoms with E-state index >= 15 is 0 Å². The summed E-state index contributed by atoms with van der Waals surface area (Å²) in [4.78, 5) is 2.36. The first-order chi connectivity index (χ1) is 6.77. The molecular formula is C12H16FN. The standard InChI is InChI=1S/C12H16FN/c1-10-9-11(13)5-6-12(10)14-7-3-2-4-8-14/h5-6,9H,2-4,7-8H2,1H3. The van der Waals surface area contributed by atoms with E-state index in [1.165, 1.54) is 24.9 Å². The van der Waals surface area contributed by atoms with Gasteiger partial charge in [-0.1, -0.05) is 0 Å². The quantitative estimate of drug-likeness (QED) is 0.662. The van der Waals surface area contributed by atoms with Crippen LogP contribution in [0.1, 0.15) is 24.8 Å². The smallest absolute Gasteiger partial charge is 0.123 e. The fraction of sp³-hybridized carbons (Fsp3) is 0.500. The molecule has 0 bridgehead atoms. The van der Waals surface area contributed by atoms with Crippen LogP contribution < -0.4 is 4.90 Å². The van der Waals surface area contributed by atoms with Crippen molar-refractivity contribution >= 4 is 5.69 Å². The molecule has 0 saturated carbocycles. The van der Waals surface area contributed by atoms with E-state index in [1.807, 2.05) is 13.0 Å². The van der Waals surface area contributed by atoms with Gasteiger partial charge in [-0.25, -0.2) is 4.39 Å². The number of benzene rings is 1. The third-order valence-electron chi connectivity index (χ3n) is 2.86. The van der Waals surface area contributed by atoms with Crippen LogP contribution in [0.4, 0.5) is 10.1 Å². The van der Waals surface area contributed by atoms with E-state index in [0.717, 1.165) is 18.7 Å². The minimum Gasteiger partial charge on any atom is -0.371 e. The maximum Gasteiger partial charge on any atom is 0.123 e. The van der Waals surface area contributed by atoms with E-state index in [9.17, 15) is 4.39 Å². The van der Waals surface area contributed by atoms with Crippen LogP contribution in [0.15, 0.2) is 18.2 Å².